The van der Waals surface area contributed by atoms with Crippen LogP contribution < -0.4 is 0 Å². The maximum absolute atomic E-state index is 13.6. The largest absolute Gasteiger partial charge is 0.416 e. The SMILES string of the molecule is Cc1[nH]c([C@@H](OCc2ccc(C(F)(F)F)cc2)c2ccc(F)c(Cl)c2)nc1S(C)(=O)=O. The van der Waals surface area contributed by atoms with Crippen molar-refractivity contribution in [2.24, 2.45) is 0 Å². The maximum atomic E-state index is 13.6. The van der Waals surface area contributed by atoms with Gasteiger partial charge < -0.3 is 9.72 Å². The van der Waals surface area contributed by atoms with Crippen molar-refractivity contribution in [3.63, 3.8) is 0 Å². The van der Waals surface area contributed by atoms with E-state index < -0.39 is 33.5 Å². The summed E-state index contributed by atoms with van der Waals surface area (Å²) in [6.07, 6.45) is -4.43. The molecule has 2 aromatic carbocycles. The maximum Gasteiger partial charge on any atom is 0.416 e. The predicted molar refractivity (Wildman–Crippen MR) is 106 cm³/mol. The Labute approximate surface area is 181 Å². The number of aryl methyl sites for hydroxylation is 1. The Morgan fingerprint density at radius 1 is 1.16 bits per heavy atom. The van der Waals surface area contributed by atoms with Gasteiger partial charge in [0.15, 0.2) is 14.9 Å². The van der Waals surface area contributed by atoms with Gasteiger partial charge in [-0.05, 0) is 42.3 Å². The van der Waals surface area contributed by atoms with E-state index in [0.29, 0.717) is 11.1 Å². The molecule has 0 unspecified atom stereocenters. The lowest BCUT2D eigenvalue weighted by molar-refractivity contribution is -0.137. The van der Waals surface area contributed by atoms with E-state index in [1.807, 2.05) is 0 Å². The minimum atomic E-state index is -4.46. The Bertz CT molecular complexity index is 1190. The normalized spacial score (nSPS) is 13.4. The van der Waals surface area contributed by atoms with E-state index in [4.69, 9.17) is 16.3 Å². The van der Waals surface area contributed by atoms with Gasteiger partial charge in [-0.25, -0.2) is 17.8 Å². The smallest absolute Gasteiger partial charge is 0.361 e. The van der Waals surface area contributed by atoms with Crippen LogP contribution in [0.4, 0.5) is 17.6 Å². The van der Waals surface area contributed by atoms with Crippen molar-refractivity contribution < 1.29 is 30.7 Å². The third-order valence-electron chi connectivity index (χ3n) is 4.40. The molecule has 0 fully saturated rings. The van der Waals surface area contributed by atoms with Crippen LogP contribution in [0.1, 0.15) is 34.3 Å². The average Bonchev–Trinajstić information content (AvgIpc) is 3.06. The summed E-state index contributed by atoms with van der Waals surface area (Å²) in [5.41, 5.74) is 0.316. The molecule has 166 valence electrons. The summed E-state index contributed by atoms with van der Waals surface area (Å²) in [4.78, 5) is 6.96. The molecule has 0 saturated carbocycles. The van der Waals surface area contributed by atoms with Gasteiger partial charge in [-0.15, -0.1) is 0 Å². The number of aromatic nitrogens is 2. The van der Waals surface area contributed by atoms with Crippen LogP contribution in [0.5, 0.6) is 0 Å². The number of sulfone groups is 1. The number of hydrogen-bond donors (Lipinski definition) is 1. The van der Waals surface area contributed by atoms with Gasteiger partial charge in [0.1, 0.15) is 17.7 Å². The second-order valence-electron chi connectivity index (χ2n) is 6.88. The topological polar surface area (TPSA) is 72.0 Å². The number of ether oxygens (including phenoxy) is 1. The lowest BCUT2D eigenvalue weighted by Crippen LogP contribution is -2.10. The van der Waals surface area contributed by atoms with Gasteiger partial charge in [0.05, 0.1) is 22.9 Å². The van der Waals surface area contributed by atoms with Crippen molar-refractivity contribution in [1.29, 1.82) is 0 Å². The summed E-state index contributed by atoms with van der Waals surface area (Å²) in [7, 11) is -3.62. The lowest BCUT2D eigenvalue weighted by Gasteiger charge is -2.17. The van der Waals surface area contributed by atoms with E-state index in [9.17, 15) is 26.0 Å². The molecule has 5 nitrogen and oxygen atoms in total. The molecule has 1 atom stereocenters. The van der Waals surface area contributed by atoms with Crippen LogP contribution in [-0.4, -0.2) is 24.6 Å². The number of halogens is 5. The number of aromatic amines is 1. The zero-order valence-electron chi connectivity index (χ0n) is 16.3. The predicted octanol–water partition coefficient (Wildman–Crippen LogP) is 5.24. The summed E-state index contributed by atoms with van der Waals surface area (Å²) in [5, 5.41) is -0.342. The second kappa shape index (κ2) is 8.60. The second-order valence-corrected chi connectivity index (χ2v) is 9.22. The molecule has 1 aromatic heterocycles. The average molecular weight is 477 g/mol. The molecule has 0 aliphatic heterocycles. The van der Waals surface area contributed by atoms with Crippen molar-refractivity contribution in [2.45, 2.75) is 30.8 Å². The van der Waals surface area contributed by atoms with Crippen molar-refractivity contribution in [3.05, 3.63) is 81.5 Å². The van der Waals surface area contributed by atoms with Crippen molar-refractivity contribution >= 4 is 21.4 Å². The summed E-state index contributed by atoms with van der Waals surface area (Å²) >= 11 is 5.87. The minimum absolute atomic E-state index is 0.119. The molecule has 1 N–H and O–H groups in total. The standard InChI is InChI=1S/C20H17ClF4N2O3S/c1-11-19(31(2,28)29)27-18(26-11)17(13-5-8-16(22)15(21)9-13)30-10-12-3-6-14(7-4-12)20(23,24)25/h3-9,17H,10H2,1-2H3,(H,26,27)/t17-/m0/s1. The van der Waals surface area contributed by atoms with Crippen LogP contribution in [0.3, 0.4) is 0 Å². The number of benzene rings is 2. The number of nitrogens with zero attached hydrogens (tertiary/aromatic N) is 1. The highest BCUT2D eigenvalue weighted by molar-refractivity contribution is 7.90. The zero-order valence-corrected chi connectivity index (χ0v) is 17.9. The molecule has 3 aromatic rings. The Morgan fingerprint density at radius 3 is 2.32 bits per heavy atom. The monoisotopic (exact) mass is 476 g/mol. The molecule has 1 heterocycles. The zero-order chi connectivity index (χ0) is 23.0. The first-order chi connectivity index (χ1) is 14.4. The van der Waals surface area contributed by atoms with Gasteiger partial charge in [-0.2, -0.15) is 13.2 Å². The lowest BCUT2D eigenvalue weighted by atomic mass is 10.1. The molecule has 0 aliphatic carbocycles. The van der Waals surface area contributed by atoms with Crippen LogP contribution in [0.15, 0.2) is 47.5 Å². The first-order valence-corrected chi connectivity index (χ1v) is 11.1. The van der Waals surface area contributed by atoms with Gasteiger partial charge in [-0.1, -0.05) is 29.8 Å². The van der Waals surface area contributed by atoms with Crippen LogP contribution in [0.2, 0.25) is 5.02 Å². The van der Waals surface area contributed by atoms with Gasteiger partial charge >= 0.3 is 6.18 Å². The highest BCUT2D eigenvalue weighted by Gasteiger charge is 2.30. The molecular weight excluding hydrogens is 460 g/mol. The van der Waals surface area contributed by atoms with Gasteiger partial charge in [0.2, 0.25) is 0 Å². The highest BCUT2D eigenvalue weighted by atomic mass is 35.5. The van der Waals surface area contributed by atoms with Crippen molar-refractivity contribution in [2.75, 3.05) is 6.26 Å². The van der Waals surface area contributed by atoms with Gasteiger partial charge in [0.25, 0.3) is 0 Å². The number of rotatable bonds is 6. The van der Waals surface area contributed by atoms with E-state index in [1.54, 1.807) is 0 Å². The molecule has 0 amide bonds. The Balaban J connectivity index is 1.94. The van der Waals surface area contributed by atoms with E-state index in [1.165, 1.54) is 31.2 Å². The van der Waals surface area contributed by atoms with Crippen molar-refractivity contribution in [1.82, 2.24) is 9.97 Å². The van der Waals surface area contributed by atoms with Gasteiger partial charge in [0, 0.05) is 6.26 Å². The quantitative estimate of drug-likeness (QED) is 0.494. The first kappa shape index (κ1) is 23.2. The number of hydrogen-bond acceptors (Lipinski definition) is 4. The number of H-pyrrole nitrogens is 1. The summed E-state index contributed by atoms with van der Waals surface area (Å²) in [6, 6.07) is 8.24. The third-order valence-corrected chi connectivity index (χ3v) is 5.79. The first-order valence-electron chi connectivity index (χ1n) is 8.85. The molecule has 31 heavy (non-hydrogen) atoms. The summed E-state index contributed by atoms with van der Waals surface area (Å²) in [5.74, 6) is -0.521. The van der Waals surface area contributed by atoms with E-state index in [2.05, 4.69) is 9.97 Å². The van der Waals surface area contributed by atoms with E-state index >= 15 is 0 Å². The van der Waals surface area contributed by atoms with E-state index in [0.717, 1.165) is 24.5 Å². The molecule has 0 radical (unpaired) electrons. The Kier molecular flexibility index (Phi) is 6.45. The fourth-order valence-corrected chi connectivity index (χ4v) is 3.99. The Morgan fingerprint density at radius 2 is 1.81 bits per heavy atom. The van der Waals surface area contributed by atoms with Crippen LogP contribution in [0.25, 0.3) is 0 Å². The number of nitrogens with one attached hydrogen (secondary N) is 1. The highest BCUT2D eigenvalue weighted by Crippen LogP contribution is 2.31. The number of imidazole rings is 1. The summed E-state index contributed by atoms with van der Waals surface area (Å²) < 4.78 is 81.6. The molecule has 11 heteroatoms. The van der Waals surface area contributed by atoms with Crippen LogP contribution >= 0.6 is 11.6 Å². The molecule has 0 saturated heterocycles. The fourth-order valence-electron chi connectivity index (χ4n) is 2.93. The van der Waals surface area contributed by atoms with Gasteiger partial charge in [-0.3, -0.25) is 0 Å². The van der Waals surface area contributed by atoms with Crippen LogP contribution in [-0.2, 0) is 27.4 Å². The fraction of sp³-hybridized carbons (Fsp3) is 0.250. The van der Waals surface area contributed by atoms with Crippen LogP contribution in [0, 0.1) is 12.7 Å². The van der Waals surface area contributed by atoms with E-state index in [-0.39, 0.29) is 28.2 Å². The minimum Gasteiger partial charge on any atom is -0.361 e. The summed E-state index contributed by atoms with van der Waals surface area (Å²) in [6.45, 7) is 1.41. The molecule has 0 spiro atoms. The molecular formula is C20H17ClF4N2O3S. The number of alkyl halides is 3. The van der Waals surface area contributed by atoms with Crippen molar-refractivity contribution in [3.8, 4) is 0 Å². The molecule has 0 bridgehead atoms. The third kappa shape index (κ3) is 5.44. The molecule has 0 aliphatic rings. The molecule has 3 rings (SSSR count). The Hall–Kier alpha value is -2.43.